The zero-order chi connectivity index (χ0) is 18.4. The van der Waals surface area contributed by atoms with Gasteiger partial charge in [-0.3, -0.25) is 4.79 Å². The van der Waals surface area contributed by atoms with E-state index in [4.69, 9.17) is 0 Å². The summed E-state index contributed by atoms with van der Waals surface area (Å²) >= 11 is 0. The Morgan fingerprint density at radius 1 is 0.560 bits per heavy atom. The number of hydrogen-bond acceptors (Lipinski definition) is 2. The number of nitrogens with one attached hydrogen (secondary N) is 2. The highest BCUT2D eigenvalue weighted by molar-refractivity contribution is 5.75. The topological polar surface area (TPSA) is 41.1 Å². The Bertz CT molecular complexity index is 269. The molecule has 0 aliphatic rings. The predicted molar refractivity (Wildman–Crippen MR) is 111 cm³/mol. The Kier molecular flexibility index (Phi) is 21.0. The molecule has 0 radical (unpaired) electrons. The van der Waals surface area contributed by atoms with Crippen LogP contribution in [0.4, 0.5) is 0 Å². The monoisotopic (exact) mass is 354 g/mol. The molecule has 0 aromatic carbocycles. The first-order chi connectivity index (χ1) is 12.3. The molecule has 0 aliphatic heterocycles. The predicted octanol–water partition coefficient (Wildman–Crippen LogP) is 5.97. The van der Waals surface area contributed by atoms with Gasteiger partial charge in [0.25, 0.3) is 0 Å². The highest BCUT2D eigenvalue weighted by Crippen LogP contribution is 2.10. The van der Waals surface area contributed by atoms with E-state index >= 15 is 0 Å². The van der Waals surface area contributed by atoms with Crippen molar-refractivity contribution in [2.45, 2.75) is 117 Å². The molecule has 0 unspecified atom stereocenters. The third kappa shape index (κ3) is 21.4. The van der Waals surface area contributed by atoms with E-state index in [0.29, 0.717) is 6.42 Å². The molecule has 0 bridgehead atoms. The van der Waals surface area contributed by atoms with Gasteiger partial charge in [-0.15, -0.1) is 0 Å². The summed E-state index contributed by atoms with van der Waals surface area (Å²) in [4.78, 5) is 11.7. The van der Waals surface area contributed by atoms with E-state index in [1.165, 1.54) is 89.9 Å². The van der Waals surface area contributed by atoms with Gasteiger partial charge in [-0.1, -0.05) is 97.3 Å². The number of hydrogen-bond donors (Lipinski definition) is 2. The second-order valence-electron chi connectivity index (χ2n) is 7.45. The summed E-state index contributed by atoms with van der Waals surface area (Å²) in [5, 5.41) is 6.42. The molecular formula is C22H46N2O. The van der Waals surface area contributed by atoms with E-state index in [0.717, 1.165) is 26.1 Å². The van der Waals surface area contributed by atoms with Gasteiger partial charge in [0, 0.05) is 19.5 Å². The fourth-order valence-electron chi connectivity index (χ4n) is 3.11. The van der Waals surface area contributed by atoms with E-state index in [1.54, 1.807) is 0 Å². The molecule has 1 amide bonds. The molecule has 0 rings (SSSR count). The van der Waals surface area contributed by atoms with Gasteiger partial charge in [-0.2, -0.15) is 0 Å². The molecule has 3 heteroatoms. The number of carbonyl (C=O) groups excluding carboxylic acids is 1. The molecular weight excluding hydrogens is 308 g/mol. The minimum atomic E-state index is 0.203. The first-order valence-electron chi connectivity index (χ1n) is 11.3. The Balaban J connectivity index is 3.13. The molecule has 0 heterocycles. The standard InChI is InChI=1S/C22H46N2O/c1-3-5-7-9-10-11-12-13-15-17-20-24-22(25)18-21-23-19-16-14-8-6-4-2/h23H,3-21H2,1-2H3,(H,24,25). The normalized spacial score (nSPS) is 11.0. The van der Waals surface area contributed by atoms with Crippen molar-refractivity contribution in [3.63, 3.8) is 0 Å². The van der Waals surface area contributed by atoms with Crippen molar-refractivity contribution in [2.75, 3.05) is 19.6 Å². The summed E-state index contributed by atoms with van der Waals surface area (Å²) < 4.78 is 0. The summed E-state index contributed by atoms with van der Waals surface area (Å²) in [7, 11) is 0. The molecule has 0 saturated carbocycles. The maximum absolute atomic E-state index is 11.7. The van der Waals surface area contributed by atoms with Crippen LogP contribution in [0.2, 0.25) is 0 Å². The van der Waals surface area contributed by atoms with Crippen molar-refractivity contribution < 1.29 is 4.79 Å². The molecule has 0 aromatic heterocycles. The largest absolute Gasteiger partial charge is 0.356 e. The molecule has 0 aliphatic carbocycles. The van der Waals surface area contributed by atoms with Crippen LogP contribution < -0.4 is 10.6 Å². The Hall–Kier alpha value is -0.570. The third-order valence-corrected chi connectivity index (χ3v) is 4.84. The minimum absolute atomic E-state index is 0.203. The SMILES string of the molecule is CCCCCCCCCCCCNC(=O)CCNCCCCCCC. The Morgan fingerprint density at radius 3 is 1.52 bits per heavy atom. The lowest BCUT2D eigenvalue weighted by molar-refractivity contribution is -0.121. The summed E-state index contributed by atoms with van der Waals surface area (Å²) in [5.74, 6) is 0.203. The van der Waals surface area contributed by atoms with E-state index in [2.05, 4.69) is 24.5 Å². The van der Waals surface area contributed by atoms with Crippen molar-refractivity contribution in [3.8, 4) is 0 Å². The summed E-state index contributed by atoms with van der Waals surface area (Å²) in [5.41, 5.74) is 0. The van der Waals surface area contributed by atoms with Gasteiger partial charge in [0.2, 0.25) is 5.91 Å². The van der Waals surface area contributed by atoms with Crippen molar-refractivity contribution >= 4 is 5.91 Å². The van der Waals surface area contributed by atoms with Crippen LogP contribution in [0.3, 0.4) is 0 Å². The lowest BCUT2D eigenvalue weighted by atomic mass is 10.1. The van der Waals surface area contributed by atoms with E-state index in [-0.39, 0.29) is 5.91 Å². The Morgan fingerprint density at radius 2 is 1.00 bits per heavy atom. The molecule has 0 atom stereocenters. The van der Waals surface area contributed by atoms with Crippen LogP contribution in [-0.2, 0) is 4.79 Å². The molecule has 25 heavy (non-hydrogen) atoms. The molecule has 0 fully saturated rings. The smallest absolute Gasteiger partial charge is 0.221 e. The van der Waals surface area contributed by atoms with Crippen molar-refractivity contribution in [1.29, 1.82) is 0 Å². The molecule has 2 N–H and O–H groups in total. The van der Waals surface area contributed by atoms with Crippen molar-refractivity contribution in [1.82, 2.24) is 10.6 Å². The lowest BCUT2D eigenvalue weighted by Crippen LogP contribution is -2.28. The Labute approximate surface area is 158 Å². The van der Waals surface area contributed by atoms with Crippen molar-refractivity contribution in [3.05, 3.63) is 0 Å². The lowest BCUT2D eigenvalue weighted by Gasteiger charge is -2.07. The zero-order valence-electron chi connectivity index (χ0n) is 17.3. The molecule has 3 nitrogen and oxygen atoms in total. The van der Waals surface area contributed by atoms with Gasteiger partial charge >= 0.3 is 0 Å². The van der Waals surface area contributed by atoms with Crippen LogP contribution >= 0.6 is 0 Å². The number of carbonyl (C=O) groups is 1. The van der Waals surface area contributed by atoms with Crippen LogP contribution in [0.15, 0.2) is 0 Å². The van der Waals surface area contributed by atoms with Gasteiger partial charge in [-0.05, 0) is 19.4 Å². The maximum Gasteiger partial charge on any atom is 0.221 e. The highest BCUT2D eigenvalue weighted by atomic mass is 16.1. The average molecular weight is 355 g/mol. The van der Waals surface area contributed by atoms with Gasteiger partial charge < -0.3 is 10.6 Å². The number of amides is 1. The van der Waals surface area contributed by atoms with E-state index < -0.39 is 0 Å². The van der Waals surface area contributed by atoms with Gasteiger partial charge in [-0.25, -0.2) is 0 Å². The maximum atomic E-state index is 11.7. The number of rotatable bonds is 20. The van der Waals surface area contributed by atoms with Crippen LogP contribution in [0.25, 0.3) is 0 Å². The van der Waals surface area contributed by atoms with E-state index in [9.17, 15) is 4.79 Å². The summed E-state index contributed by atoms with van der Waals surface area (Å²) in [6.45, 7) is 7.23. The first-order valence-corrected chi connectivity index (χ1v) is 11.3. The fraction of sp³-hybridized carbons (Fsp3) is 0.955. The second kappa shape index (κ2) is 21.5. The molecule has 0 aromatic rings. The first kappa shape index (κ1) is 24.4. The fourth-order valence-corrected chi connectivity index (χ4v) is 3.11. The van der Waals surface area contributed by atoms with Gasteiger partial charge in [0.1, 0.15) is 0 Å². The van der Waals surface area contributed by atoms with Crippen LogP contribution in [0, 0.1) is 0 Å². The van der Waals surface area contributed by atoms with Gasteiger partial charge in [0.15, 0.2) is 0 Å². The highest BCUT2D eigenvalue weighted by Gasteiger charge is 2.00. The molecule has 150 valence electrons. The molecule has 0 saturated heterocycles. The molecule has 0 spiro atoms. The second-order valence-corrected chi connectivity index (χ2v) is 7.45. The zero-order valence-corrected chi connectivity index (χ0v) is 17.3. The van der Waals surface area contributed by atoms with Crippen LogP contribution in [0.1, 0.15) is 117 Å². The van der Waals surface area contributed by atoms with E-state index in [1.807, 2.05) is 0 Å². The minimum Gasteiger partial charge on any atom is -0.356 e. The van der Waals surface area contributed by atoms with Crippen LogP contribution in [0.5, 0.6) is 0 Å². The quantitative estimate of drug-likeness (QED) is 0.264. The number of unbranched alkanes of at least 4 members (excludes halogenated alkanes) is 13. The third-order valence-electron chi connectivity index (χ3n) is 4.84. The van der Waals surface area contributed by atoms with Crippen LogP contribution in [-0.4, -0.2) is 25.5 Å². The summed E-state index contributed by atoms with van der Waals surface area (Å²) in [6, 6.07) is 0. The average Bonchev–Trinajstić information content (AvgIpc) is 2.62. The van der Waals surface area contributed by atoms with Crippen molar-refractivity contribution in [2.24, 2.45) is 0 Å². The summed E-state index contributed by atoms with van der Waals surface area (Å²) in [6.07, 6.45) is 20.6. The van der Waals surface area contributed by atoms with Gasteiger partial charge in [0.05, 0.1) is 0 Å².